The van der Waals surface area contributed by atoms with Gasteiger partial charge in [0.15, 0.2) is 0 Å². The maximum absolute atomic E-state index is 11.9. The molecule has 0 amide bonds. The number of alkyl halides is 4. The Morgan fingerprint density at radius 1 is 1.20 bits per heavy atom. The third-order valence-electron chi connectivity index (χ3n) is 2.92. The van der Waals surface area contributed by atoms with Crippen molar-refractivity contribution in [2.75, 3.05) is 12.4 Å². The molecule has 0 aromatic carbocycles. The van der Waals surface area contributed by atoms with Crippen LogP contribution in [0.1, 0.15) is 32.1 Å². The van der Waals surface area contributed by atoms with E-state index >= 15 is 0 Å². The summed E-state index contributed by atoms with van der Waals surface area (Å²) < 4.78 is 35.8. The maximum Gasteiger partial charge on any atom is 0.390 e. The molecule has 0 spiro atoms. The predicted molar refractivity (Wildman–Crippen MR) is 55.1 cm³/mol. The fourth-order valence-electron chi connectivity index (χ4n) is 2.06. The van der Waals surface area contributed by atoms with Crippen LogP contribution in [0.15, 0.2) is 0 Å². The van der Waals surface area contributed by atoms with Gasteiger partial charge in [-0.3, -0.25) is 0 Å². The van der Waals surface area contributed by atoms with Crippen molar-refractivity contribution in [2.24, 2.45) is 5.92 Å². The maximum atomic E-state index is 11.9. The molecule has 1 nitrogen and oxygen atoms in total. The average molecular weight is 244 g/mol. The summed E-state index contributed by atoms with van der Waals surface area (Å²) in [5.41, 5.74) is 0. The van der Waals surface area contributed by atoms with E-state index in [-0.39, 0.29) is 12.6 Å². The molecule has 0 radical (unpaired) electrons. The Kier molecular flexibility index (Phi) is 5.19. The van der Waals surface area contributed by atoms with Gasteiger partial charge in [-0.2, -0.15) is 13.2 Å². The molecule has 0 aliphatic heterocycles. The minimum Gasteiger partial charge on any atom is -0.313 e. The number of rotatable bonds is 4. The lowest BCUT2D eigenvalue weighted by molar-refractivity contribution is -0.133. The quantitative estimate of drug-likeness (QED) is 0.747. The predicted octanol–water partition coefficient (Wildman–Crippen LogP) is 3.33. The summed E-state index contributed by atoms with van der Waals surface area (Å²) in [7, 11) is 0. The van der Waals surface area contributed by atoms with Gasteiger partial charge in [0.05, 0.1) is 6.42 Å². The molecule has 1 aliphatic carbocycles. The van der Waals surface area contributed by atoms with Crippen LogP contribution in [0.5, 0.6) is 0 Å². The lowest BCUT2D eigenvalue weighted by Crippen LogP contribution is -2.40. The first kappa shape index (κ1) is 13.1. The third-order valence-corrected chi connectivity index (χ3v) is 3.32. The monoisotopic (exact) mass is 243 g/mol. The van der Waals surface area contributed by atoms with E-state index in [2.05, 4.69) is 5.32 Å². The van der Waals surface area contributed by atoms with Crippen LogP contribution in [0.2, 0.25) is 0 Å². The first-order chi connectivity index (χ1) is 7.03. The molecule has 0 aromatic heterocycles. The molecule has 2 atom stereocenters. The Bertz CT molecular complexity index is 184. The van der Waals surface area contributed by atoms with Gasteiger partial charge < -0.3 is 5.32 Å². The minimum atomic E-state index is -4.06. The van der Waals surface area contributed by atoms with Gasteiger partial charge in [0.1, 0.15) is 0 Å². The molecule has 15 heavy (non-hydrogen) atoms. The highest BCUT2D eigenvalue weighted by Crippen LogP contribution is 2.26. The smallest absolute Gasteiger partial charge is 0.313 e. The minimum absolute atomic E-state index is 0.0154. The van der Waals surface area contributed by atoms with Gasteiger partial charge in [0.2, 0.25) is 0 Å². The molecule has 1 fully saturated rings. The van der Waals surface area contributed by atoms with Crippen LogP contribution >= 0.6 is 11.6 Å². The molecule has 1 aliphatic rings. The number of hydrogen-bond donors (Lipinski definition) is 1. The molecule has 0 bridgehead atoms. The molecule has 90 valence electrons. The SMILES string of the molecule is FC(F)(F)CCNC1CCCCC1CCl. The van der Waals surface area contributed by atoms with Gasteiger partial charge in [-0.25, -0.2) is 0 Å². The van der Waals surface area contributed by atoms with Gasteiger partial charge in [-0.05, 0) is 18.8 Å². The van der Waals surface area contributed by atoms with E-state index in [0.717, 1.165) is 25.7 Å². The van der Waals surface area contributed by atoms with Crippen molar-refractivity contribution in [3.8, 4) is 0 Å². The molecular weight excluding hydrogens is 227 g/mol. The van der Waals surface area contributed by atoms with Crippen molar-refractivity contribution in [3.05, 3.63) is 0 Å². The molecular formula is C10H17ClF3N. The van der Waals surface area contributed by atoms with E-state index in [1.165, 1.54) is 0 Å². The van der Waals surface area contributed by atoms with E-state index in [1.807, 2.05) is 0 Å². The molecule has 5 heteroatoms. The fourth-order valence-corrected chi connectivity index (χ4v) is 2.43. The van der Waals surface area contributed by atoms with Crippen LogP contribution < -0.4 is 5.32 Å². The first-order valence-electron chi connectivity index (χ1n) is 5.39. The van der Waals surface area contributed by atoms with E-state index in [0.29, 0.717) is 11.8 Å². The van der Waals surface area contributed by atoms with E-state index in [9.17, 15) is 13.2 Å². The van der Waals surface area contributed by atoms with Crippen LogP contribution in [0, 0.1) is 5.92 Å². The van der Waals surface area contributed by atoms with Crippen molar-refractivity contribution in [1.82, 2.24) is 5.32 Å². The number of halogens is 4. The summed E-state index contributed by atoms with van der Waals surface area (Å²) in [6.07, 6.45) is -0.578. The Morgan fingerprint density at radius 2 is 1.87 bits per heavy atom. The summed E-state index contributed by atoms with van der Waals surface area (Å²) in [6.45, 7) is 0.0154. The second-order valence-electron chi connectivity index (χ2n) is 4.12. The lowest BCUT2D eigenvalue weighted by Gasteiger charge is -2.31. The Hall–Kier alpha value is 0.0400. The molecule has 2 unspecified atom stereocenters. The topological polar surface area (TPSA) is 12.0 Å². The zero-order valence-electron chi connectivity index (χ0n) is 8.62. The zero-order valence-corrected chi connectivity index (χ0v) is 9.37. The van der Waals surface area contributed by atoms with E-state index in [4.69, 9.17) is 11.6 Å². The zero-order chi connectivity index (χ0) is 11.3. The molecule has 0 saturated heterocycles. The van der Waals surface area contributed by atoms with Crippen molar-refractivity contribution < 1.29 is 13.2 Å². The summed E-state index contributed by atoms with van der Waals surface area (Å²) in [5.74, 6) is 0.887. The fraction of sp³-hybridized carbons (Fsp3) is 1.00. The van der Waals surface area contributed by atoms with E-state index < -0.39 is 12.6 Å². The van der Waals surface area contributed by atoms with Crippen molar-refractivity contribution in [1.29, 1.82) is 0 Å². The summed E-state index contributed by atoms with van der Waals surface area (Å²) in [4.78, 5) is 0. The summed E-state index contributed by atoms with van der Waals surface area (Å²) in [6, 6.07) is 0.179. The number of hydrogen-bond acceptors (Lipinski definition) is 1. The Morgan fingerprint density at radius 3 is 2.47 bits per heavy atom. The standard InChI is InChI=1S/C10H17ClF3N/c11-7-8-3-1-2-4-9(8)15-6-5-10(12,13)14/h8-9,15H,1-7H2. The van der Waals surface area contributed by atoms with Gasteiger partial charge in [0, 0.05) is 18.5 Å². The van der Waals surface area contributed by atoms with Crippen LogP contribution in [-0.4, -0.2) is 24.6 Å². The lowest BCUT2D eigenvalue weighted by atomic mass is 9.86. The molecule has 1 rings (SSSR count). The van der Waals surface area contributed by atoms with Gasteiger partial charge in [-0.15, -0.1) is 11.6 Å². The highest BCUT2D eigenvalue weighted by atomic mass is 35.5. The number of nitrogens with one attached hydrogen (secondary N) is 1. The summed E-state index contributed by atoms with van der Waals surface area (Å²) >= 11 is 5.78. The van der Waals surface area contributed by atoms with Crippen LogP contribution in [-0.2, 0) is 0 Å². The van der Waals surface area contributed by atoms with E-state index in [1.54, 1.807) is 0 Å². The normalized spacial score (nSPS) is 28.0. The second kappa shape index (κ2) is 5.94. The highest BCUT2D eigenvalue weighted by molar-refractivity contribution is 6.18. The van der Waals surface area contributed by atoms with Gasteiger partial charge in [0.25, 0.3) is 0 Å². The van der Waals surface area contributed by atoms with Crippen LogP contribution in [0.3, 0.4) is 0 Å². The largest absolute Gasteiger partial charge is 0.390 e. The van der Waals surface area contributed by atoms with Gasteiger partial charge in [-0.1, -0.05) is 12.8 Å². The van der Waals surface area contributed by atoms with Crippen LogP contribution in [0.4, 0.5) is 13.2 Å². The molecule has 0 aromatic rings. The van der Waals surface area contributed by atoms with Crippen LogP contribution in [0.25, 0.3) is 0 Å². The second-order valence-corrected chi connectivity index (χ2v) is 4.43. The van der Waals surface area contributed by atoms with Crippen molar-refractivity contribution in [3.63, 3.8) is 0 Å². The molecule has 1 saturated carbocycles. The van der Waals surface area contributed by atoms with Crippen molar-refractivity contribution in [2.45, 2.75) is 44.3 Å². The first-order valence-corrected chi connectivity index (χ1v) is 5.92. The molecule has 0 heterocycles. The Balaban J connectivity index is 2.23. The summed E-state index contributed by atoms with van der Waals surface area (Å²) in [5, 5.41) is 2.97. The van der Waals surface area contributed by atoms with Gasteiger partial charge >= 0.3 is 6.18 Å². The average Bonchev–Trinajstić information content (AvgIpc) is 2.16. The Labute approximate surface area is 93.4 Å². The highest BCUT2D eigenvalue weighted by Gasteiger charge is 2.28. The third kappa shape index (κ3) is 5.07. The molecule has 1 N–H and O–H groups in total. The van der Waals surface area contributed by atoms with Crippen molar-refractivity contribution >= 4 is 11.6 Å².